The van der Waals surface area contributed by atoms with Crippen molar-refractivity contribution < 1.29 is 9.63 Å². The van der Waals surface area contributed by atoms with Crippen molar-refractivity contribution in [3.63, 3.8) is 0 Å². The maximum absolute atomic E-state index is 8.59. The molecule has 0 rings (SSSR count). The Hall–Kier alpha value is -0.0900. The van der Waals surface area contributed by atoms with Gasteiger partial charge in [0.2, 0.25) is 0 Å². The van der Waals surface area contributed by atoms with Crippen LogP contribution >= 0.6 is 9.47 Å². The fourth-order valence-corrected chi connectivity index (χ4v) is 0.906. The normalized spacial score (nSPS) is 11.9. The first-order valence-electron chi connectivity index (χ1n) is 3.77. The highest BCUT2D eigenvalue weighted by atomic mass is 31.0. The Morgan fingerprint density at radius 3 is 2.73 bits per heavy atom. The van der Waals surface area contributed by atoms with Crippen LogP contribution in [0.3, 0.4) is 0 Å². The monoisotopic (exact) mass is 174 g/mol. The average Bonchev–Trinajstić information content (AvgIpc) is 2.03. The quantitative estimate of drug-likeness (QED) is 0.515. The molecule has 0 aliphatic carbocycles. The van der Waals surface area contributed by atoms with Gasteiger partial charge >= 0.3 is 0 Å². The predicted octanol–water partition coefficient (Wildman–Crippen LogP) is 1.35. The number of aliphatic hydroxyl groups is 1. The summed E-state index contributed by atoms with van der Waals surface area (Å²) >= 11 is 0. The molecular weight excluding hydrogens is 159 g/mol. The Morgan fingerprint density at radius 2 is 2.27 bits per heavy atom. The lowest BCUT2D eigenvalue weighted by Crippen LogP contribution is -2.08. The van der Waals surface area contributed by atoms with Gasteiger partial charge in [-0.15, -0.1) is 11.8 Å². The average molecular weight is 174 g/mol. The molecule has 0 aliphatic heterocycles. The molecule has 0 aliphatic rings. The molecule has 0 fully saturated rings. The van der Waals surface area contributed by atoms with E-state index in [9.17, 15) is 0 Å². The standard InChI is InChI=1S/C8H15O2P/c1-2-3-4-5-8(10-11)6-7-9/h8-9H,2,5-7,11H2,1H3/t8-/m0/s1. The van der Waals surface area contributed by atoms with Crippen molar-refractivity contribution >= 4 is 9.47 Å². The third kappa shape index (κ3) is 6.31. The van der Waals surface area contributed by atoms with Crippen LogP contribution in [0.25, 0.3) is 0 Å². The lowest BCUT2D eigenvalue weighted by Gasteiger charge is -2.08. The molecule has 0 heterocycles. The third-order valence-electron chi connectivity index (χ3n) is 1.28. The van der Waals surface area contributed by atoms with Gasteiger partial charge in [0.1, 0.15) is 0 Å². The van der Waals surface area contributed by atoms with Gasteiger partial charge in [-0.2, -0.15) is 0 Å². The van der Waals surface area contributed by atoms with Crippen LogP contribution in [0.2, 0.25) is 0 Å². The number of hydrogen-bond donors (Lipinski definition) is 1. The Bertz CT molecular complexity index is 137. The first-order valence-corrected chi connectivity index (χ1v) is 4.24. The van der Waals surface area contributed by atoms with Crippen molar-refractivity contribution in [1.82, 2.24) is 0 Å². The second kappa shape index (κ2) is 8.01. The van der Waals surface area contributed by atoms with Gasteiger partial charge in [0.15, 0.2) is 0 Å². The van der Waals surface area contributed by atoms with Gasteiger partial charge < -0.3 is 9.63 Å². The van der Waals surface area contributed by atoms with E-state index in [4.69, 9.17) is 9.63 Å². The molecule has 0 saturated carbocycles. The van der Waals surface area contributed by atoms with E-state index in [1.807, 2.05) is 6.92 Å². The van der Waals surface area contributed by atoms with E-state index in [2.05, 4.69) is 21.3 Å². The minimum atomic E-state index is 0.0593. The minimum Gasteiger partial charge on any atom is -0.396 e. The highest BCUT2D eigenvalue weighted by Gasteiger charge is 2.02. The largest absolute Gasteiger partial charge is 0.396 e. The zero-order valence-electron chi connectivity index (χ0n) is 6.84. The summed E-state index contributed by atoms with van der Waals surface area (Å²) in [5, 5.41) is 8.59. The Morgan fingerprint density at radius 1 is 1.55 bits per heavy atom. The molecular formula is C8H15O2P. The van der Waals surface area contributed by atoms with E-state index in [0.29, 0.717) is 12.8 Å². The van der Waals surface area contributed by atoms with E-state index < -0.39 is 0 Å². The third-order valence-corrected chi connectivity index (χ3v) is 1.66. The number of aliphatic hydroxyl groups excluding tert-OH is 1. The maximum atomic E-state index is 8.59. The van der Waals surface area contributed by atoms with Gasteiger partial charge in [-0.1, -0.05) is 6.92 Å². The Kier molecular flexibility index (Phi) is 7.95. The molecule has 0 spiro atoms. The summed E-state index contributed by atoms with van der Waals surface area (Å²) in [4.78, 5) is 0. The highest BCUT2D eigenvalue weighted by Crippen LogP contribution is 2.06. The molecule has 0 radical (unpaired) electrons. The fourth-order valence-electron chi connectivity index (χ4n) is 0.673. The topological polar surface area (TPSA) is 29.5 Å². The lowest BCUT2D eigenvalue weighted by atomic mass is 10.2. The molecule has 0 amide bonds. The van der Waals surface area contributed by atoms with Gasteiger partial charge in [0.05, 0.1) is 6.10 Å². The second-order valence-corrected chi connectivity index (χ2v) is 2.45. The van der Waals surface area contributed by atoms with Gasteiger partial charge in [-0.3, -0.25) is 0 Å². The first-order chi connectivity index (χ1) is 5.35. The summed E-state index contributed by atoms with van der Waals surface area (Å²) in [5.41, 5.74) is 0. The van der Waals surface area contributed by atoms with Crippen LogP contribution in [0.5, 0.6) is 0 Å². The molecule has 0 bridgehead atoms. The molecule has 2 nitrogen and oxygen atoms in total. The molecule has 0 aromatic carbocycles. The van der Waals surface area contributed by atoms with Gasteiger partial charge in [-0.25, -0.2) is 0 Å². The molecule has 2 atom stereocenters. The van der Waals surface area contributed by atoms with Crippen molar-refractivity contribution in [2.24, 2.45) is 0 Å². The zero-order valence-corrected chi connectivity index (χ0v) is 7.99. The van der Waals surface area contributed by atoms with Crippen molar-refractivity contribution in [2.45, 2.75) is 32.3 Å². The van der Waals surface area contributed by atoms with Crippen LogP contribution in [-0.4, -0.2) is 17.8 Å². The number of rotatable bonds is 4. The van der Waals surface area contributed by atoms with Crippen LogP contribution in [0.1, 0.15) is 26.2 Å². The minimum absolute atomic E-state index is 0.0593. The van der Waals surface area contributed by atoms with E-state index in [1.165, 1.54) is 0 Å². The predicted molar refractivity (Wildman–Crippen MR) is 49.0 cm³/mol. The molecule has 0 aromatic rings. The van der Waals surface area contributed by atoms with Gasteiger partial charge in [-0.05, 0) is 6.42 Å². The molecule has 0 aromatic heterocycles. The summed E-state index contributed by atoms with van der Waals surface area (Å²) in [6.07, 6.45) is 2.30. The second-order valence-electron chi connectivity index (χ2n) is 2.18. The fraction of sp³-hybridized carbons (Fsp3) is 0.750. The maximum Gasteiger partial charge on any atom is 0.0741 e. The van der Waals surface area contributed by atoms with Crippen LogP contribution in [-0.2, 0) is 4.52 Å². The summed E-state index contributed by atoms with van der Waals surface area (Å²) in [6, 6.07) is 0. The Balaban J connectivity index is 3.51. The van der Waals surface area contributed by atoms with E-state index >= 15 is 0 Å². The van der Waals surface area contributed by atoms with Crippen molar-refractivity contribution in [2.75, 3.05) is 6.61 Å². The summed E-state index contributed by atoms with van der Waals surface area (Å²) in [6.45, 7) is 2.17. The highest BCUT2D eigenvalue weighted by molar-refractivity contribution is 7.09. The van der Waals surface area contributed by atoms with Gasteiger partial charge in [0.25, 0.3) is 0 Å². The summed E-state index contributed by atoms with van der Waals surface area (Å²) in [5.74, 6) is 5.92. The van der Waals surface area contributed by atoms with Crippen molar-refractivity contribution in [3.8, 4) is 11.8 Å². The smallest absolute Gasteiger partial charge is 0.0741 e. The van der Waals surface area contributed by atoms with Crippen LogP contribution in [0.15, 0.2) is 0 Å². The van der Waals surface area contributed by atoms with Gasteiger partial charge in [0, 0.05) is 28.9 Å². The van der Waals surface area contributed by atoms with Crippen LogP contribution < -0.4 is 0 Å². The first kappa shape index (κ1) is 10.9. The van der Waals surface area contributed by atoms with E-state index in [1.54, 1.807) is 0 Å². The van der Waals surface area contributed by atoms with Crippen molar-refractivity contribution in [3.05, 3.63) is 0 Å². The molecule has 1 unspecified atom stereocenters. The molecule has 11 heavy (non-hydrogen) atoms. The van der Waals surface area contributed by atoms with E-state index in [0.717, 1.165) is 6.42 Å². The van der Waals surface area contributed by atoms with Crippen LogP contribution in [0.4, 0.5) is 0 Å². The molecule has 1 N–H and O–H groups in total. The van der Waals surface area contributed by atoms with Crippen molar-refractivity contribution in [1.29, 1.82) is 0 Å². The molecule has 64 valence electrons. The molecule has 3 heteroatoms. The SMILES string of the molecule is CCC#CC[C@@H](CCO)OP. The molecule has 0 saturated heterocycles. The Labute approximate surface area is 70.6 Å². The number of hydrogen-bond acceptors (Lipinski definition) is 2. The summed E-state index contributed by atoms with van der Waals surface area (Å²) in [7, 11) is 2.20. The van der Waals surface area contributed by atoms with Crippen LogP contribution in [0, 0.1) is 11.8 Å². The zero-order chi connectivity index (χ0) is 8.53. The summed E-state index contributed by atoms with van der Waals surface area (Å²) < 4.78 is 4.99. The lowest BCUT2D eigenvalue weighted by molar-refractivity contribution is 0.180. The van der Waals surface area contributed by atoms with E-state index in [-0.39, 0.29) is 12.7 Å².